The minimum atomic E-state index is -0.217. The molecule has 0 spiro atoms. The van der Waals surface area contributed by atoms with E-state index in [0.717, 1.165) is 22.0 Å². The lowest BCUT2D eigenvalue weighted by Crippen LogP contribution is -2.23. The van der Waals surface area contributed by atoms with Crippen molar-refractivity contribution in [1.82, 2.24) is 9.66 Å². The van der Waals surface area contributed by atoms with E-state index in [0.29, 0.717) is 38.6 Å². The summed E-state index contributed by atoms with van der Waals surface area (Å²) in [5.41, 5.74) is 2.20. The third kappa shape index (κ3) is 5.43. The number of nitrogens with zero attached hydrogens (tertiary/aromatic N) is 3. The van der Waals surface area contributed by atoms with Crippen LogP contribution in [0.4, 0.5) is 0 Å². The molecule has 8 heteroatoms. The monoisotopic (exact) mass is 601 g/mol. The predicted octanol–water partition coefficient (Wildman–Crippen LogP) is 7.55. The summed E-state index contributed by atoms with van der Waals surface area (Å²) in [5, 5.41) is 5.46. The molecular weight excluding hydrogens is 582 g/mol. The Balaban J connectivity index is 1.68. The van der Waals surface area contributed by atoms with E-state index >= 15 is 0 Å². The molecule has 0 aliphatic carbocycles. The highest BCUT2D eigenvalue weighted by molar-refractivity contribution is 9.10. The van der Waals surface area contributed by atoms with Gasteiger partial charge in [0.25, 0.3) is 5.56 Å². The highest BCUT2D eigenvalue weighted by Gasteiger charge is 2.16. The Morgan fingerprint density at radius 1 is 1.15 bits per heavy atom. The van der Waals surface area contributed by atoms with Gasteiger partial charge >= 0.3 is 0 Å². The van der Waals surface area contributed by atoms with Crippen molar-refractivity contribution in [2.45, 2.75) is 32.8 Å². The maximum Gasteiger partial charge on any atom is 0.282 e. The summed E-state index contributed by atoms with van der Waals surface area (Å²) in [5.74, 6) is 1.23. The van der Waals surface area contributed by atoms with Gasteiger partial charge in [-0.2, -0.15) is 9.78 Å². The van der Waals surface area contributed by atoms with E-state index in [1.165, 1.54) is 4.68 Å². The molecule has 4 aromatic rings. The van der Waals surface area contributed by atoms with Crippen molar-refractivity contribution in [2.75, 3.05) is 0 Å². The molecule has 5 nitrogen and oxygen atoms in total. The zero-order chi connectivity index (χ0) is 24.2. The van der Waals surface area contributed by atoms with Crippen molar-refractivity contribution in [3.8, 4) is 5.75 Å². The fraction of sp³-hybridized carbons (Fsp3) is 0.192. The molecule has 0 unspecified atom stereocenters. The van der Waals surface area contributed by atoms with Gasteiger partial charge in [0.2, 0.25) is 0 Å². The molecule has 1 aromatic heterocycles. The lowest BCUT2D eigenvalue weighted by atomic mass is 10.1. The first kappa shape index (κ1) is 24.6. The molecule has 1 atom stereocenters. The smallest absolute Gasteiger partial charge is 0.282 e. The first-order valence-electron chi connectivity index (χ1n) is 10.8. The standard InChI is InChI=1S/C26H22Br2ClN3O2/c1-3-16(2)25-31-23-10-9-19(27)13-20(23)26(33)32(25)30-14-18-11-21(28)24(22(29)12-18)34-15-17-7-5-4-6-8-17/h4-14,16H,3,15H2,1-2H3/t16-/m1/s1. The summed E-state index contributed by atoms with van der Waals surface area (Å²) in [7, 11) is 0. The van der Waals surface area contributed by atoms with Gasteiger partial charge in [-0.25, -0.2) is 4.98 Å². The molecule has 0 N–H and O–H groups in total. The SMILES string of the molecule is CC[C@@H](C)c1nc2ccc(Br)cc2c(=O)n1N=Cc1cc(Cl)c(OCc2ccccc2)c(Br)c1. The number of fused-ring (bicyclic) bond motifs is 1. The van der Waals surface area contributed by atoms with Crippen LogP contribution in [0.3, 0.4) is 0 Å². The lowest BCUT2D eigenvalue weighted by Gasteiger charge is -2.14. The van der Waals surface area contributed by atoms with Crippen LogP contribution in [0.25, 0.3) is 10.9 Å². The number of aromatic nitrogens is 2. The van der Waals surface area contributed by atoms with Crippen LogP contribution in [-0.2, 0) is 6.61 Å². The maximum atomic E-state index is 13.3. The van der Waals surface area contributed by atoms with E-state index in [1.807, 2.05) is 55.5 Å². The molecule has 0 aliphatic rings. The molecule has 174 valence electrons. The molecule has 0 amide bonds. The molecule has 0 aliphatic heterocycles. The van der Waals surface area contributed by atoms with E-state index < -0.39 is 0 Å². The number of rotatable bonds is 7. The van der Waals surface area contributed by atoms with Gasteiger partial charge in [-0.3, -0.25) is 4.79 Å². The molecule has 0 fully saturated rings. The van der Waals surface area contributed by atoms with Gasteiger partial charge in [0, 0.05) is 10.4 Å². The van der Waals surface area contributed by atoms with Gasteiger partial charge in [-0.05, 0) is 63.8 Å². The van der Waals surface area contributed by atoms with Gasteiger partial charge in [-0.15, -0.1) is 0 Å². The Morgan fingerprint density at radius 3 is 2.62 bits per heavy atom. The second kappa shape index (κ2) is 10.8. The summed E-state index contributed by atoms with van der Waals surface area (Å²) in [6, 6.07) is 19.0. The largest absolute Gasteiger partial charge is 0.486 e. The van der Waals surface area contributed by atoms with Gasteiger partial charge in [0.1, 0.15) is 12.4 Å². The maximum absolute atomic E-state index is 13.3. The molecule has 0 radical (unpaired) electrons. The van der Waals surface area contributed by atoms with Gasteiger partial charge in [-0.1, -0.05) is 71.7 Å². The summed E-state index contributed by atoms with van der Waals surface area (Å²) >= 11 is 13.5. The van der Waals surface area contributed by atoms with Gasteiger partial charge < -0.3 is 4.74 Å². The molecule has 0 saturated heterocycles. The third-order valence-corrected chi connectivity index (χ3v) is 6.82. The molecule has 34 heavy (non-hydrogen) atoms. The fourth-order valence-corrected chi connectivity index (χ4v) is 4.78. The van der Waals surface area contributed by atoms with Crippen LogP contribution >= 0.6 is 43.5 Å². The number of hydrogen-bond acceptors (Lipinski definition) is 4. The predicted molar refractivity (Wildman–Crippen MR) is 145 cm³/mol. The number of ether oxygens (including phenoxy) is 1. The van der Waals surface area contributed by atoms with E-state index in [1.54, 1.807) is 18.3 Å². The number of hydrogen-bond donors (Lipinski definition) is 0. The normalized spacial score (nSPS) is 12.4. The Hall–Kier alpha value is -2.48. The van der Waals surface area contributed by atoms with E-state index in [9.17, 15) is 4.79 Å². The minimum Gasteiger partial charge on any atom is -0.486 e. The first-order chi connectivity index (χ1) is 16.4. The van der Waals surface area contributed by atoms with E-state index in [4.69, 9.17) is 21.3 Å². The van der Waals surface area contributed by atoms with E-state index in [-0.39, 0.29) is 11.5 Å². The molecule has 0 bridgehead atoms. The van der Waals surface area contributed by atoms with Crippen molar-refractivity contribution < 1.29 is 4.74 Å². The average molecular weight is 604 g/mol. The highest BCUT2D eigenvalue weighted by Crippen LogP contribution is 2.34. The Bertz CT molecular complexity index is 1400. The van der Waals surface area contributed by atoms with Crippen molar-refractivity contribution in [3.05, 3.63) is 102 Å². The lowest BCUT2D eigenvalue weighted by molar-refractivity contribution is 0.304. The van der Waals surface area contributed by atoms with Crippen molar-refractivity contribution >= 4 is 60.6 Å². The fourth-order valence-electron chi connectivity index (χ4n) is 3.43. The topological polar surface area (TPSA) is 56.5 Å². The van der Waals surface area contributed by atoms with Gasteiger partial charge in [0.05, 0.1) is 26.6 Å². The molecule has 1 heterocycles. The Morgan fingerprint density at radius 2 is 1.91 bits per heavy atom. The quantitative estimate of drug-likeness (QED) is 0.205. The second-order valence-corrected chi connectivity index (χ2v) is 10.1. The molecule has 4 rings (SSSR count). The highest BCUT2D eigenvalue weighted by atomic mass is 79.9. The molecule has 0 saturated carbocycles. The molecule has 3 aromatic carbocycles. The minimum absolute atomic E-state index is 0.0574. The van der Waals surface area contributed by atoms with Crippen molar-refractivity contribution in [2.24, 2.45) is 5.10 Å². The summed E-state index contributed by atoms with van der Waals surface area (Å²) in [6.45, 7) is 4.49. The van der Waals surface area contributed by atoms with Gasteiger partial charge in [0.15, 0.2) is 5.75 Å². The zero-order valence-corrected chi connectivity index (χ0v) is 22.6. The molecular formula is C26H22Br2ClN3O2. The van der Waals surface area contributed by atoms with Crippen molar-refractivity contribution in [3.63, 3.8) is 0 Å². The number of halogens is 3. The van der Waals surface area contributed by atoms with Crippen LogP contribution < -0.4 is 10.3 Å². The van der Waals surface area contributed by atoms with Crippen LogP contribution in [0.2, 0.25) is 5.02 Å². The summed E-state index contributed by atoms with van der Waals surface area (Å²) in [4.78, 5) is 18.0. The van der Waals surface area contributed by atoms with Crippen LogP contribution in [0, 0.1) is 0 Å². The van der Waals surface area contributed by atoms with Crippen LogP contribution in [-0.4, -0.2) is 15.9 Å². The number of benzene rings is 3. The van der Waals surface area contributed by atoms with Crippen LogP contribution in [0.1, 0.15) is 43.1 Å². The van der Waals surface area contributed by atoms with Crippen LogP contribution in [0.5, 0.6) is 5.75 Å². The Kier molecular flexibility index (Phi) is 7.86. The second-order valence-electron chi connectivity index (χ2n) is 7.89. The summed E-state index contributed by atoms with van der Waals surface area (Å²) < 4.78 is 8.82. The van der Waals surface area contributed by atoms with E-state index in [2.05, 4.69) is 43.9 Å². The average Bonchev–Trinajstić information content (AvgIpc) is 2.83. The third-order valence-electron chi connectivity index (χ3n) is 5.46. The van der Waals surface area contributed by atoms with Crippen molar-refractivity contribution in [1.29, 1.82) is 0 Å². The first-order valence-corrected chi connectivity index (χ1v) is 12.8. The zero-order valence-electron chi connectivity index (χ0n) is 18.6. The Labute approximate surface area is 219 Å². The van der Waals surface area contributed by atoms with Crippen LogP contribution in [0.15, 0.2) is 79.5 Å². The summed E-state index contributed by atoms with van der Waals surface area (Å²) in [6.07, 6.45) is 2.44.